The van der Waals surface area contributed by atoms with Crippen LogP contribution in [0.4, 0.5) is 13.2 Å². The minimum atomic E-state index is -5.76. The molecule has 13 nitrogen and oxygen atoms in total. The third-order valence-electron chi connectivity index (χ3n) is 10.3. The zero-order valence-electron chi connectivity index (χ0n) is 30.8. The number of benzene rings is 2. The largest absolute Gasteiger partial charge is 0.534 e. The number of aryl methyl sites for hydroxylation is 2. The number of ether oxygens (including phenoxy) is 4. The van der Waals surface area contributed by atoms with E-state index >= 15 is 0 Å². The van der Waals surface area contributed by atoms with E-state index in [1.165, 1.54) is 35.1 Å². The fourth-order valence-corrected chi connectivity index (χ4v) is 7.61. The number of fused-ring (bicyclic) bond motifs is 6. The summed E-state index contributed by atoms with van der Waals surface area (Å²) in [6, 6.07) is 13.5. The number of rotatable bonds is 8. The molecule has 4 aliphatic heterocycles. The van der Waals surface area contributed by atoms with Crippen molar-refractivity contribution in [3.05, 3.63) is 86.2 Å². The topological polar surface area (TPSA) is 150 Å². The molecule has 17 heteroatoms. The summed E-state index contributed by atoms with van der Waals surface area (Å²) in [7, 11) is -5.76. The molecular formula is C40H39F3N4O9S. The average Bonchev–Trinajstić information content (AvgIpc) is 3.58. The van der Waals surface area contributed by atoms with Crippen LogP contribution in [0.1, 0.15) is 55.2 Å². The highest BCUT2D eigenvalue weighted by Gasteiger charge is 2.48. The van der Waals surface area contributed by atoms with Crippen LogP contribution in [0.5, 0.6) is 17.5 Å². The summed E-state index contributed by atoms with van der Waals surface area (Å²) in [4.78, 5) is 32.8. The van der Waals surface area contributed by atoms with Gasteiger partial charge in [0, 0.05) is 61.0 Å². The van der Waals surface area contributed by atoms with Gasteiger partial charge in [0.25, 0.3) is 0 Å². The van der Waals surface area contributed by atoms with Crippen molar-refractivity contribution in [3.8, 4) is 51.9 Å². The number of aromatic nitrogens is 4. The number of alkyl halides is 3. The van der Waals surface area contributed by atoms with Gasteiger partial charge in [-0.2, -0.15) is 31.6 Å². The molecule has 300 valence electrons. The molecule has 1 aliphatic carbocycles. The number of hydrogen-bond donors (Lipinski definition) is 0. The van der Waals surface area contributed by atoms with Crippen LogP contribution in [0, 0.1) is 17.8 Å². The maximum Gasteiger partial charge on any atom is 0.534 e. The van der Waals surface area contributed by atoms with Gasteiger partial charge in [0.15, 0.2) is 0 Å². The molecule has 2 unspecified atom stereocenters. The second-order valence-electron chi connectivity index (χ2n) is 14.4. The Kier molecular flexibility index (Phi) is 10.9. The van der Waals surface area contributed by atoms with E-state index in [2.05, 4.69) is 38.1 Å². The molecule has 5 aliphatic rings. The summed E-state index contributed by atoms with van der Waals surface area (Å²) in [5.41, 5.74) is -0.486. The summed E-state index contributed by atoms with van der Waals surface area (Å²) in [6.45, 7) is 3.02. The first-order chi connectivity index (χ1) is 27.4. The van der Waals surface area contributed by atoms with Crippen molar-refractivity contribution in [1.82, 2.24) is 19.1 Å². The van der Waals surface area contributed by atoms with Crippen LogP contribution in [0.15, 0.2) is 58.1 Å². The van der Waals surface area contributed by atoms with Crippen LogP contribution in [-0.4, -0.2) is 71.7 Å². The van der Waals surface area contributed by atoms with Crippen LogP contribution < -0.4 is 25.0 Å². The molecule has 4 aromatic rings. The molecule has 9 rings (SSSR count). The molecule has 0 amide bonds. The van der Waals surface area contributed by atoms with Gasteiger partial charge in [0.1, 0.15) is 19.0 Å². The highest BCUT2D eigenvalue weighted by atomic mass is 32.2. The summed E-state index contributed by atoms with van der Waals surface area (Å²) < 4.78 is 89.9. The number of halogens is 3. The maximum atomic E-state index is 12.5. The van der Waals surface area contributed by atoms with E-state index in [0.29, 0.717) is 54.8 Å². The van der Waals surface area contributed by atoms with E-state index in [1.54, 1.807) is 10.6 Å². The van der Waals surface area contributed by atoms with Gasteiger partial charge in [-0.1, -0.05) is 17.9 Å². The molecule has 2 atom stereocenters. The van der Waals surface area contributed by atoms with Crippen LogP contribution in [0.3, 0.4) is 0 Å². The Bertz CT molecular complexity index is 2460. The Morgan fingerprint density at radius 2 is 1.30 bits per heavy atom. The predicted octanol–water partition coefficient (Wildman–Crippen LogP) is 5.04. The van der Waals surface area contributed by atoms with Gasteiger partial charge in [0.2, 0.25) is 11.8 Å². The van der Waals surface area contributed by atoms with Crippen LogP contribution in [0.25, 0.3) is 22.5 Å². The zero-order chi connectivity index (χ0) is 39.7. The Morgan fingerprint density at radius 1 is 0.754 bits per heavy atom. The summed E-state index contributed by atoms with van der Waals surface area (Å²) >= 11 is 0. The van der Waals surface area contributed by atoms with Gasteiger partial charge in [-0.05, 0) is 92.8 Å². The van der Waals surface area contributed by atoms with Gasteiger partial charge in [-0.3, -0.25) is 9.13 Å². The standard InChI is InChI=1S/C22H22N2O3.C18H17F3N2O6S/c25-22-23-21(27-14-18-2-1-11-26-18)13-20-19-8-7-16(6-5-15-3-4-15)12-17(19)9-10-24(20)22;19-18(20,21)30(25,26)29-12-3-4-14-11(8-12)5-6-23-15(14)9-16(22-17(23)24)28-10-13-2-1-7-27-13/h7-8,12-13,15,18H,1-4,9-11,14H2;3-4,8-9,13H,1-2,5-7,10H2. The lowest BCUT2D eigenvalue weighted by atomic mass is 9.95. The Morgan fingerprint density at radius 3 is 1.81 bits per heavy atom. The van der Waals surface area contributed by atoms with E-state index in [4.69, 9.17) is 18.9 Å². The first-order valence-electron chi connectivity index (χ1n) is 18.9. The van der Waals surface area contributed by atoms with Crippen molar-refractivity contribution in [2.24, 2.45) is 5.92 Å². The van der Waals surface area contributed by atoms with Crippen LogP contribution in [-0.2, 0) is 45.5 Å². The minimum absolute atomic E-state index is 0.0619. The molecule has 57 heavy (non-hydrogen) atoms. The lowest BCUT2D eigenvalue weighted by molar-refractivity contribution is -0.0500. The van der Waals surface area contributed by atoms with Gasteiger partial charge in [-0.15, -0.1) is 0 Å². The first-order valence-corrected chi connectivity index (χ1v) is 20.3. The second kappa shape index (κ2) is 16.0. The predicted molar refractivity (Wildman–Crippen MR) is 199 cm³/mol. The van der Waals surface area contributed by atoms with Crippen LogP contribution >= 0.6 is 0 Å². The quantitative estimate of drug-likeness (QED) is 0.134. The number of hydrogen-bond acceptors (Lipinski definition) is 11. The lowest BCUT2D eigenvalue weighted by Gasteiger charge is -2.22. The van der Waals surface area contributed by atoms with Crippen molar-refractivity contribution in [2.45, 2.75) is 82.2 Å². The highest BCUT2D eigenvalue weighted by Crippen LogP contribution is 2.35. The molecule has 1 saturated carbocycles. The fraction of sp³-hybridized carbons (Fsp3) is 0.450. The summed E-state index contributed by atoms with van der Waals surface area (Å²) in [5, 5.41) is 0. The third kappa shape index (κ3) is 8.88. The Labute approximate surface area is 325 Å². The van der Waals surface area contributed by atoms with E-state index in [1.807, 2.05) is 12.1 Å². The van der Waals surface area contributed by atoms with E-state index in [-0.39, 0.29) is 36.9 Å². The van der Waals surface area contributed by atoms with Crippen LogP contribution in [0.2, 0.25) is 0 Å². The lowest BCUT2D eigenvalue weighted by Crippen LogP contribution is -2.29. The monoisotopic (exact) mass is 808 g/mol. The zero-order valence-corrected chi connectivity index (χ0v) is 31.6. The molecule has 0 N–H and O–H groups in total. The van der Waals surface area contributed by atoms with Crippen molar-refractivity contribution < 1.29 is 44.7 Å². The smallest absolute Gasteiger partial charge is 0.475 e. The molecule has 3 fully saturated rings. The Balaban J connectivity index is 0.000000160. The van der Waals surface area contributed by atoms with Gasteiger partial charge in [-0.25, -0.2) is 9.59 Å². The average molecular weight is 809 g/mol. The fourth-order valence-electron chi connectivity index (χ4n) is 7.16. The molecule has 2 aromatic heterocycles. The molecule has 6 heterocycles. The Hall–Kier alpha value is -5.18. The summed E-state index contributed by atoms with van der Waals surface area (Å²) in [6.07, 6.45) is 7.48. The molecule has 0 radical (unpaired) electrons. The van der Waals surface area contributed by atoms with Crippen molar-refractivity contribution >= 4 is 10.1 Å². The third-order valence-corrected chi connectivity index (χ3v) is 11.3. The van der Waals surface area contributed by atoms with Crippen molar-refractivity contribution in [1.29, 1.82) is 0 Å². The summed E-state index contributed by atoms with van der Waals surface area (Å²) in [5.74, 6) is 7.24. The molecule has 0 bridgehead atoms. The van der Waals surface area contributed by atoms with Gasteiger partial charge in [0.05, 0.1) is 23.6 Å². The molecule has 2 aromatic carbocycles. The van der Waals surface area contributed by atoms with E-state index < -0.39 is 27.1 Å². The number of nitrogens with zero attached hydrogens (tertiary/aromatic N) is 4. The van der Waals surface area contributed by atoms with Crippen molar-refractivity contribution in [2.75, 3.05) is 26.4 Å². The molecule has 0 spiro atoms. The van der Waals surface area contributed by atoms with E-state index in [9.17, 15) is 31.2 Å². The molecular weight excluding hydrogens is 770 g/mol. The van der Waals surface area contributed by atoms with E-state index in [0.717, 1.165) is 61.6 Å². The van der Waals surface area contributed by atoms with Gasteiger partial charge >= 0.3 is 27.0 Å². The maximum absolute atomic E-state index is 12.5. The minimum Gasteiger partial charge on any atom is -0.475 e. The SMILES string of the molecule is O=c1nc(OCC2CCCO2)cc2n1CCc1cc(C#CC3CC3)ccc1-2.O=c1nc(OCC2CCCO2)cc2n1CCc1cc(OS(=O)(=O)C(F)(F)F)ccc1-2. The van der Waals surface area contributed by atoms with Gasteiger partial charge < -0.3 is 23.1 Å². The highest BCUT2D eigenvalue weighted by molar-refractivity contribution is 7.88. The molecule has 2 saturated heterocycles. The first kappa shape index (κ1) is 38.7. The normalized spacial score (nSPS) is 19.4. The second-order valence-corrected chi connectivity index (χ2v) is 16.0. The van der Waals surface area contributed by atoms with Crippen molar-refractivity contribution in [3.63, 3.8) is 0 Å².